The zero-order valence-electron chi connectivity index (χ0n) is 12.3. The molecule has 0 aromatic heterocycles. The summed E-state index contributed by atoms with van der Waals surface area (Å²) in [7, 11) is 0. The lowest BCUT2D eigenvalue weighted by atomic mass is 10.2. The predicted molar refractivity (Wildman–Crippen MR) is 96.7 cm³/mol. The minimum Gasteiger partial charge on any atom is -0.348 e. The second-order valence-electron chi connectivity index (χ2n) is 5.69. The van der Waals surface area contributed by atoms with Crippen LogP contribution in [0.2, 0.25) is 0 Å². The molecule has 1 N–H and O–H groups in total. The SMILES string of the molecule is O=C(NC1CCN(Cc2ccccc2)C1)c1ccc(I)cc1. The molecule has 2 aromatic carbocycles. The number of amides is 1. The fourth-order valence-corrected chi connectivity index (χ4v) is 3.17. The Morgan fingerprint density at radius 2 is 1.86 bits per heavy atom. The van der Waals surface area contributed by atoms with Crippen molar-refractivity contribution in [2.75, 3.05) is 13.1 Å². The average molecular weight is 406 g/mol. The number of benzene rings is 2. The maximum atomic E-state index is 12.2. The molecule has 1 saturated heterocycles. The number of carbonyl (C=O) groups excluding carboxylic acids is 1. The highest BCUT2D eigenvalue weighted by Gasteiger charge is 2.24. The lowest BCUT2D eigenvalue weighted by Crippen LogP contribution is -2.36. The van der Waals surface area contributed by atoms with Gasteiger partial charge in [0, 0.05) is 34.8 Å². The minimum absolute atomic E-state index is 0.0305. The maximum absolute atomic E-state index is 12.2. The number of hydrogen-bond donors (Lipinski definition) is 1. The summed E-state index contributed by atoms with van der Waals surface area (Å²) in [5, 5.41) is 3.15. The molecule has 1 fully saturated rings. The molecule has 114 valence electrons. The van der Waals surface area contributed by atoms with Crippen LogP contribution in [0.5, 0.6) is 0 Å². The molecule has 0 radical (unpaired) electrons. The van der Waals surface area contributed by atoms with Crippen LogP contribution in [0.1, 0.15) is 22.3 Å². The molecule has 0 bridgehead atoms. The molecule has 0 aliphatic carbocycles. The lowest BCUT2D eigenvalue weighted by molar-refractivity contribution is 0.0937. The van der Waals surface area contributed by atoms with Gasteiger partial charge in [-0.3, -0.25) is 9.69 Å². The van der Waals surface area contributed by atoms with E-state index in [4.69, 9.17) is 0 Å². The van der Waals surface area contributed by atoms with Crippen LogP contribution in [-0.4, -0.2) is 29.9 Å². The monoisotopic (exact) mass is 406 g/mol. The van der Waals surface area contributed by atoms with E-state index in [0.29, 0.717) is 0 Å². The highest BCUT2D eigenvalue weighted by atomic mass is 127. The number of halogens is 1. The Morgan fingerprint density at radius 1 is 1.14 bits per heavy atom. The molecule has 1 aliphatic rings. The van der Waals surface area contributed by atoms with Gasteiger partial charge in [0.05, 0.1) is 0 Å². The Bertz CT molecular complexity index is 627. The van der Waals surface area contributed by atoms with Crippen molar-refractivity contribution in [2.45, 2.75) is 19.0 Å². The molecule has 0 spiro atoms. The van der Waals surface area contributed by atoms with E-state index >= 15 is 0 Å². The normalized spacial score (nSPS) is 18.3. The Morgan fingerprint density at radius 3 is 2.59 bits per heavy atom. The summed E-state index contributed by atoms with van der Waals surface area (Å²) < 4.78 is 1.14. The van der Waals surface area contributed by atoms with Crippen molar-refractivity contribution >= 4 is 28.5 Å². The molecule has 1 amide bonds. The van der Waals surface area contributed by atoms with Gasteiger partial charge in [-0.25, -0.2) is 0 Å². The van der Waals surface area contributed by atoms with E-state index in [1.165, 1.54) is 5.56 Å². The van der Waals surface area contributed by atoms with Crippen LogP contribution >= 0.6 is 22.6 Å². The highest BCUT2D eigenvalue weighted by molar-refractivity contribution is 14.1. The third kappa shape index (κ3) is 4.08. The van der Waals surface area contributed by atoms with Gasteiger partial charge in [0.2, 0.25) is 0 Å². The van der Waals surface area contributed by atoms with Gasteiger partial charge in [0.15, 0.2) is 0 Å². The second kappa shape index (κ2) is 7.24. The molecule has 3 rings (SSSR count). The minimum atomic E-state index is 0.0305. The third-order valence-corrected chi connectivity index (χ3v) is 4.68. The van der Waals surface area contributed by atoms with Crippen LogP contribution in [0.25, 0.3) is 0 Å². The van der Waals surface area contributed by atoms with Gasteiger partial charge in [-0.05, 0) is 58.8 Å². The van der Waals surface area contributed by atoms with Crippen LogP contribution in [0.15, 0.2) is 54.6 Å². The Balaban J connectivity index is 1.52. The van der Waals surface area contributed by atoms with E-state index < -0.39 is 0 Å². The smallest absolute Gasteiger partial charge is 0.251 e. The molecular formula is C18H19IN2O. The molecule has 4 heteroatoms. The van der Waals surface area contributed by atoms with Crippen molar-refractivity contribution < 1.29 is 4.79 Å². The van der Waals surface area contributed by atoms with Crippen LogP contribution in [-0.2, 0) is 6.54 Å². The summed E-state index contributed by atoms with van der Waals surface area (Å²) in [4.78, 5) is 14.6. The van der Waals surface area contributed by atoms with Gasteiger partial charge < -0.3 is 5.32 Å². The zero-order valence-corrected chi connectivity index (χ0v) is 14.5. The molecule has 1 aliphatic heterocycles. The van der Waals surface area contributed by atoms with Gasteiger partial charge in [-0.15, -0.1) is 0 Å². The zero-order chi connectivity index (χ0) is 15.4. The third-order valence-electron chi connectivity index (χ3n) is 3.96. The van der Waals surface area contributed by atoms with Crippen molar-refractivity contribution in [3.8, 4) is 0 Å². The summed E-state index contributed by atoms with van der Waals surface area (Å²) in [6, 6.07) is 18.4. The molecule has 1 unspecified atom stereocenters. The summed E-state index contributed by atoms with van der Waals surface area (Å²) in [5.41, 5.74) is 2.06. The van der Waals surface area contributed by atoms with E-state index in [-0.39, 0.29) is 11.9 Å². The fourth-order valence-electron chi connectivity index (χ4n) is 2.81. The van der Waals surface area contributed by atoms with Crippen molar-refractivity contribution in [1.82, 2.24) is 10.2 Å². The van der Waals surface area contributed by atoms with Gasteiger partial charge >= 0.3 is 0 Å². The van der Waals surface area contributed by atoms with Gasteiger partial charge in [-0.1, -0.05) is 30.3 Å². The standard InChI is InChI=1S/C18H19IN2O/c19-16-8-6-15(7-9-16)18(22)20-17-10-11-21(13-17)12-14-4-2-1-3-5-14/h1-9,17H,10-13H2,(H,20,22). The van der Waals surface area contributed by atoms with E-state index in [2.05, 4.69) is 57.1 Å². The topological polar surface area (TPSA) is 32.3 Å². The molecule has 1 atom stereocenters. The van der Waals surface area contributed by atoms with E-state index in [0.717, 1.165) is 35.2 Å². The summed E-state index contributed by atoms with van der Waals surface area (Å²) >= 11 is 2.24. The highest BCUT2D eigenvalue weighted by Crippen LogP contribution is 2.14. The summed E-state index contributed by atoms with van der Waals surface area (Å²) in [6.07, 6.45) is 1.02. The predicted octanol–water partition coefficient (Wildman–Crippen LogP) is 3.30. The first-order valence-corrected chi connectivity index (χ1v) is 8.61. The number of hydrogen-bond acceptors (Lipinski definition) is 2. The Hall–Kier alpha value is -1.40. The summed E-state index contributed by atoms with van der Waals surface area (Å²) in [5.74, 6) is 0.0305. The number of carbonyl (C=O) groups is 1. The van der Waals surface area contributed by atoms with E-state index in [9.17, 15) is 4.79 Å². The van der Waals surface area contributed by atoms with Crippen LogP contribution in [0.3, 0.4) is 0 Å². The first-order valence-electron chi connectivity index (χ1n) is 7.53. The van der Waals surface area contributed by atoms with Crippen molar-refractivity contribution in [3.63, 3.8) is 0 Å². The Labute approximate surface area is 144 Å². The van der Waals surface area contributed by atoms with Gasteiger partial charge in [-0.2, -0.15) is 0 Å². The second-order valence-corrected chi connectivity index (χ2v) is 6.93. The number of rotatable bonds is 4. The average Bonchev–Trinajstić information content (AvgIpc) is 2.96. The number of nitrogens with zero attached hydrogens (tertiary/aromatic N) is 1. The van der Waals surface area contributed by atoms with E-state index in [1.807, 2.05) is 30.3 Å². The van der Waals surface area contributed by atoms with E-state index in [1.54, 1.807) is 0 Å². The molecule has 2 aromatic rings. The largest absolute Gasteiger partial charge is 0.348 e. The fraction of sp³-hybridized carbons (Fsp3) is 0.278. The lowest BCUT2D eigenvalue weighted by Gasteiger charge is -2.17. The van der Waals surface area contributed by atoms with Crippen molar-refractivity contribution in [3.05, 3.63) is 69.3 Å². The van der Waals surface area contributed by atoms with Crippen LogP contribution < -0.4 is 5.32 Å². The summed E-state index contributed by atoms with van der Waals surface area (Å²) in [6.45, 7) is 2.91. The quantitative estimate of drug-likeness (QED) is 0.791. The number of likely N-dealkylation sites (tertiary alicyclic amines) is 1. The first kappa shape index (κ1) is 15.5. The maximum Gasteiger partial charge on any atom is 0.251 e. The first-order chi connectivity index (χ1) is 10.7. The van der Waals surface area contributed by atoms with Gasteiger partial charge in [0.1, 0.15) is 0 Å². The van der Waals surface area contributed by atoms with Crippen molar-refractivity contribution in [1.29, 1.82) is 0 Å². The van der Waals surface area contributed by atoms with Crippen molar-refractivity contribution in [2.24, 2.45) is 0 Å². The molecule has 1 heterocycles. The molecular weight excluding hydrogens is 387 g/mol. The van der Waals surface area contributed by atoms with Crippen LogP contribution in [0, 0.1) is 3.57 Å². The molecule has 22 heavy (non-hydrogen) atoms. The Kier molecular flexibility index (Phi) is 5.10. The van der Waals surface area contributed by atoms with Gasteiger partial charge in [0.25, 0.3) is 5.91 Å². The molecule has 3 nitrogen and oxygen atoms in total. The number of nitrogens with one attached hydrogen (secondary N) is 1. The molecule has 0 saturated carbocycles. The van der Waals surface area contributed by atoms with Crippen LogP contribution in [0.4, 0.5) is 0 Å².